The molecule has 7 heteroatoms. The van der Waals surface area contributed by atoms with Crippen molar-refractivity contribution in [2.75, 3.05) is 0 Å². The summed E-state index contributed by atoms with van der Waals surface area (Å²) >= 11 is 5.13. The molecule has 1 aliphatic carbocycles. The smallest absolute Gasteiger partial charge is 0.247 e. The van der Waals surface area contributed by atoms with Crippen LogP contribution in [-0.4, -0.2) is 19.7 Å². The van der Waals surface area contributed by atoms with Gasteiger partial charge in [0.15, 0.2) is 5.16 Å². The number of thioether (sulfide) groups is 1. The number of hydrogen-bond acceptors (Lipinski definition) is 5. The largest absolute Gasteiger partial charge is 0.420 e. The Hall–Kier alpha value is -1.60. The third kappa shape index (κ3) is 4.14. The molecule has 0 atom stereocenters. The first kappa shape index (κ1) is 18.7. The molecule has 5 nitrogen and oxygen atoms in total. The molecule has 3 aromatic rings. The van der Waals surface area contributed by atoms with Crippen LogP contribution in [0.1, 0.15) is 55.4 Å². The normalized spacial score (nSPS) is 15.4. The highest BCUT2D eigenvalue weighted by Crippen LogP contribution is 2.35. The lowest BCUT2D eigenvalue weighted by atomic mass is 9.95. The molecular weight excluding hydrogens is 424 g/mol. The van der Waals surface area contributed by atoms with E-state index in [9.17, 15) is 0 Å². The van der Waals surface area contributed by atoms with Crippen molar-refractivity contribution < 1.29 is 4.42 Å². The Morgan fingerprint density at radius 2 is 1.85 bits per heavy atom. The van der Waals surface area contributed by atoms with Crippen LogP contribution in [0.5, 0.6) is 0 Å². The van der Waals surface area contributed by atoms with Crippen molar-refractivity contribution >= 4 is 27.7 Å². The predicted octanol–water partition coefficient (Wildman–Crippen LogP) is 6.11. The Morgan fingerprint density at radius 1 is 1.11 bits per heavy atom. The molecule has 0 saturated heterocycles. The van der Waals surface area contributed by atoms with Gasteiger partial charge in [-0.1, -0.05) is 47.0 Å². The first-order valence-electron chi connectivity index (χ1n) is 9.38. The Labute approximate surface area is 172 Å². The van der Waals surface area contributed by atoms with E-state index in [1.807, 2.05) is 24.3 Å². The van der Waals surface area contributed by atoms with Gasteiger partial charge in [0, 0.05) is 21.8 Å². The molecular formula is C20H23BrN4OS. The predicted molar refractivity (Wildman–Crippen MR) is 111 cm³/mol. The monoisotopic (exact) mass is 446 g/mol. The fraction of sp³-hybridized carbons (Fsp3) is 0.450. The van der Waals surface area contributed by atoms with Crippen molar-refractivity contribution in [1.29, 1.82) is 0 Å². The zero-order valence-electron chi connectivity index (χ0n) is 15.6. The molecule has 0 radical (unpaired) electrons. The molecule has 1 aromatic carbocycles. The number of hydrogen-bond donors (Lipinski definition) is 0. The lowest BCUT2D eigenvalue weighted by molar-refractivity contribution is 0.332. The fourth-order valence-electron chi connectivity index (χ4n) is 3.61. The van der Waals surface area contributed by atoms with Gasteiger partial charge in [0.1, 0.15) is 0 Å². The van der Waals surface area contributed by atoms with Gasteiger partial charge in [0.25, 0.3) is 0 Å². The Kier molecular flexibility index (Phi) is 5.68. The molecule has 2 aromatic heterocycles. The van der Waals surface area contributed by atoms with E-state index in [2.05, 4.69) is 44.5 Å². The maximum atomic E-state index is 5.86. The Balaban J connectivity index is 1.49. The van der Waals surface area contributed by atoms with Gasteiger partial charge in [-0.2, -0.15) is 0 Å². The number of rotatable bonds is 5. The van der Waals surface area contributed by atoms with Crippen molar-refractivity contribution in [2.24, 2.45) is 0 Å². The van der Waals surface area contributed by atoms with Gasteiger partial charge in [-0.15, -0.1) is 10.2 Å². The van der Waals surface area contributed by atoms with Gasteiger partial charge in [0.05, 0.1) is 11.4 Å². The van der Waals surface area contributed by atoms with Crippen LogP contribution in [0, 0.1) is 13.8 Å². The van der Waals surface area contributed by atoms with Crippen molar-refractivity contribution in [3.05, 3.63) is 46.0 Å². The number of aromatic nitrogens is 4. The molecule has 0 bridgehead atoms. The first-order valence-corrected chi connectivity index (χ1v) is 11.2. The van der Waals surface area contributed by atoms with Crippen molar-refractivity contribution in [3.8, 4) is 11.5 Å². The summed E-state index contributed by atoms with van der Waals surface area (Å²) < 4.78 is 9.32. The summed E-state index contributed by atoms with van der Waals surface area (Å²) in [6.45, 7) is 4.27. The zero-order chi connectivity index (χ0) is 18.8. The zero-order valence-corrected chi connectivity index (χ0v) is 18.0. The fourth-order valence-corrected chi connectivity index (χ4v) is 4.87. The van der Waals surface area contributed by atoms with Crippen LogP contribution in [-0.2, 0) is 5.75 Å². The van der Waals surface area contributed by atoms with E-state index in [-0.39, 0.29) is 0 Å². The minimum Gasteiger partial charge on any atom is -0.420 e. The van der Waals surface area contributed by atoms with Crippen LogP contribution < -0.4 is 0 Å². The lowest BCUT2D eigenvalue weighted by Crippen LogP contribution is -2.15. The van der Waals surface area contributed by atoms with Crippen molar-refractivity contribution in [2.45, 2.75) is 62.9 Å². The summed E-state index contributed by atoms with van der Waals surface area (Å²) in [4.78, 5) is 4.81. The maximum absolute atomic E-state index is 5.86. The average molecular weight is 447 g/mol. The molecule has 0 aliphatic heterocycles. The topological polar surface area (TPSA) is 56.7 Å². The molecule has 0 unspecified atom stereocenters. The highest BCUT2D eigenvalue weighted by Gasteiger charge is 2.22. The summed E-state index contributed by atoms with van der Waals surface area (Å²) in [6.07, 6.45) is 6.47. The third-order valence-electron chi connectivity index (χ3n) is 5.18. The third-order valence-corrected chi connectivity index (χ3v) is 6.64. The molecule has 27 heavy (non-hydrogen) atoms. The molecule has 0 N–H and O–H groups in total. The van der Waals surface area contributed by atoms with E-state index < -0.39 is 0 Å². The van der Waals surface area contributed by atoms with Crippen LogP contribution in [0.3, 0.4) is 0 Å². The molecule has 1 fully saturated rings. The second kappa shape index (κ2) is 8.19. The minimum atomic E-state index is 0.557. The van der Waals surface area contributed by atoms with Crippen LogP contribution in [0.2, 0.25) is 0 Å². The van der Waals surface area contributed by atoms with E-state index in [1.165, 1.54) is 37.8 Å². The first-order chi connectivity index (χ1) is 13.1. The van der Waals surface area contributed by atoms with Crippen LogP contribution in [0.25, 0.3) is 11.5 Å². The van der Waals surface area contributed by atoms with E-state index in [0.717, 1.165) is 20.9 Å². The molecule has 2 heterocycles. The molecule has 142 valence electrons. The van der Waals surface area contributed by atoms with Gasteiger partial charge < -0.3 is 8.98 Å². The number of benzene rings is 1. The molecule has 0 spiro atoms. The summed E-state index contributed by atoms with van der Waals surface area (Å²) in [6, 6.07) is 8.46. The van der Waals surface area contributed by atoms with E-state index in [4.69, 9.17) is 9.40 Å². The number of nitrogens with zero attached hydrogens (tertiary/aromatic N) is 4. The van der Waals surface area contributed by atoms with Gasteiger partial charge >= 0.3 is 0 Å². The van der Waals surface area contributed by atoms with Gasteiger partial charge in [-0.05, 0) is 51.0 Å². The van der Waals surface area contributed by atoms with Crippen molar-refractivity contribution in [1.82, 2.24) is 19.7 Å². The molecule has 4 rings (SSSR count). The van der Waals surface area contributed by atoms with E-state index in [0.29, 0.717) is 23.6 Å². The molecule has 1 saturated carbocycles. The highest BCUT2D eigenvalue weighted by atomic mass is 79.9. The number of halogens is 1. The van der Waals surface area contributed by atoms with E-state index in [1.54, 1.807) is 11.8 Å². The second-order valence-electron chi connectivity index (χ2n) is 7.02. The Morgan fingerprint density at radius 3 is 2.59 bits per heavy atom. The van der Waals surface area contributed by atoms with Gasteiger partial charge in [-0.25, -0.2) is 4.98 Å². The number of imidazole rings is 1. The van der Waals surface area contributed by atoms with Gasteiger partial charge in [-0.3, -0.25) is 0 Å². The minimum absolute atomic E-state index is 0.557. The van der Waals surface area contributed by atoms with Crippen LogP contribution in [0.15, 0.2) is 38.3 Å². The quantitative estimate of drug-likeness (QED) is 0.442. The van der Waals surface area contributed by atoms with Crippen LogP contribution in [0.4, 0.5) is 0 Å². The summed E-state index contributed by atoms with van der Waals surface area (Å²) in [5, 5.41) is 9.48. The van der Waals surface area contributed by atoms with E-state index >= 15 is 0 Å². The number of aryl methyl sites for hydroxylation is 1. The Bertz CT molecular complexity index is 913. The standard InChI is InChI=1S/C20H23BrN4OS/c1-13-14(2)25(17-6-4-3-5-7-17)20(22-13)27-12-18-23-24-19(26-18)15-8-10-16(21)11-9-15/h8-11,17H,3-7,12H2,1-2H3. The highest BCUT2D eigenvalue weighted by molar-refractivity contribution is 9.10. The van der Waals surface area contributed by atoms with Crippen LogP contribution >= 0.6 is 27.7 Å². The lowest BCUT2D eigenvalue weighted by Gasteiger charge is -2.25. The molecule has 0 amide bonds. The van der Waals surface area contributed by atoms with Crippen molar-refractivity contribution in [3.63, 3.8) is 0 Å². The van der Waals surface area contributed by atoms with Gasteiger partial charge in [0.2, 0.25) is 11.8 Å². The average Bonchev–Trinajstić information content (AvgIpc) is 3.26. The summed E-state index contributed by atoms with van der Waals surface area (Å²) in [5.41, 5.74) is 3.33. The second-order valence-corrected chi connectivity index (χ2v) is 8.88. The summed E-state index contributed by atoms with van der Waals surface area (Å²) in [7, 11) is 0. The molecule has 1 aliphatic rings. The SMILES string of the molecule is Cc1nc(SCc2nnc(-c3ccc(Br)cc3)o2)n(C2CCCCC2)c1C. The summed E-state index contributed by atoms with van der Waals surface area (Å²) in [5.74, 6) is 1.82. The maximum Gasteiger partial charge on any atom is 0.247 e.